The number of aromatic nitrogens is 1. The number of nitrogens with one attached hydrogen (secondary N) is 1. The second kappa shape index (κ2) is 6.69. The van der Waals surface area contributed by atoms with Crippen LogP contribution in [-0.4, -0.2) is 67.5 Å². The van der Waals surface area contributed by atoms with Crippen LogP contribution >= 0.6 is 11.6 Å². The first-order valence-electron chi connectivity index (χ1n) is 6.44. The number of hydrogen-bond acceptors (Lipinski definition) is 5. The van der Waals surface area contributed by atoms with Gasteiger partial charge in [-0.05, 0) is 12.1 Å². The summed E-state index contributed by atoms with van der Waals surface area (Å²) in [6.07, 6.45) is 2.74. The van der Waals surface area contributed by atoms with Gasteiger partial charge >= 0.3 is 0 Å². The van der Waals surface area contributed by atoms with Crippen molar-refractivity contribution in [1.82, 2.24) is 14.2 Å². The quantitative estimate of drug-likeness (QED) is 0.799. The Bertz CT molecular complexity index is 615. The minimum atomic E-state index is -3.15. The second-order valence-corrected chi connectivity index (χ2v) is 7.17. The van der Waals surface area contributed by atoms with Gasteiger partial charge in [0.15, 0.2) is 5.15 Å². The molecule has 1 aromatic heterocycles. The maximum Gasteiger partial charge on any atom is 0.238 e. The number of piperazine rings is 1. The first kappa shape index (κ1) is 16.2. The first-order chi connectivity index (χ1) is 9.86. The molecule has 116 valence electrons. The van der Waals surface area contributed by atoms with Crippen LogP contribution in [0, 0.1) is 0 Å². The summed E-state index contributed by atoms with van der Waals surface area (Å²) in [5.41, 5.74) is 0.471. The number of hydrogen-bond donors (Lipinski definition) is 1. The molecule has 0 unspecified atom stereocenters. The fraction of sp³-hybridized carbons (Fsp3) is 0.500. The van der Waals surface area contributed by atoms with E-state index in [9.17, 15) is 13.2 Å². The highest BCUT2D eigenvalue weighted by molar-refractivity contribution is 7.88. The van der Waals surface area contributed by atoms with Crippen molar-refractivity contribution in [2.45, 2.75) is 0 Å². The van der Waals surface area contributed by atoms with Crippen molar-refractivity contribution in [3.63, 3.8) is 0 Å². The van der Waals surface area contributed by atoms with E-state index in [2.05, 4.69) is 10.3 Å². The van der Waals surface area contributed by atoms with Gasteiger partial charge in [0.2, 0.25) is 15.9 Å². The molecule has 0 aliphatic carbocycles. The van der Waals surface area contributed by atoms with E-state index in [0.29, 0.717) is 31.9 Å². The Hall–Kier alpha value is -1.22. The molecule has 9 heteroatoms. The number of halogens is 1. The lowest BCUT2D eigenvalue weighted by molar-refractivity contribution is -0.117. The molecule has 0 aromatic carbocycles. The van der Waals surface area contributed by atoms with E-state index in [0.717, 1.165) is 0 Å². The van der Waals surface area contributed by atoms with Crippen LogP contribution in [0.3, 0.4) is 0 Å². The lowest BCUT2D eigenvalue weighted by Crippen LogP contribution is -2.50. The molecule has 0 radical (unpaired) electrons. The van der Waals surface area contributed by atoms with Crippen LogP contribution in [0.15, 0.2) is 18.3 Å². The molecular weight excluding hydrogens is 316 g/mol. The lowest BCUT2D eigenvalue weighted by atomic mass is 10.3. The third-order valence-corrected chi connectivity index (χ3v) is 4.81. The molecule has 1 aliphatic heterocycles. The van der Waals surface area contributed by atoms with E-state index >= 15 is 0 Å². The molecule has 0 atom stereocenters. The van der Waals surface area contributed by atoms with Gasteiger partial charge in [0, 0.05) is 32.4 Å². The van der Waals surface area contributed by atoms with Crippen LogP contribution in [0.5, 0.6) is 0 Å². The number of rotatable bonds is 4. The highest BCUT2D eigenvalue weighted by Gasteiger charge is 2.24. The van der Waals surface area contributed by atoms with E-state index in [-0.39, 0.29) is 17.6 Å². The summed E-state index contributed by atoms with van der Waals surface area (Å²) in [6.45, 7) is 2.06. The van der Waals surface area contributed by atoms with E-state index in [1.807, 2.05) is 4.90 Å². The van der Waals surface area contributed by atoms with Crippen LogP contribution in [0.25, 0.3) is 0 Å². The number of pyridine rings is 1. The Morgan fingerprint density at radius 2 is 2.05 bits per heavy atom. The molecule has 2 rings (SSSR count). The molecule has 21 heavy (non-hydrogen) atoms. The highest BCUT2D eigenvalue weighted by atomic mass is 35.5. The first-order valence-corrected chi connectivity index (χ1v) is 8.67. The van der Waals surface area contributed by atoms with Crippen LogP contribution < -0.4 is 5.32 Å². The summed E-state index contributed by atoms with van der Waals surface area (Å²) in [7, 11) is -3.15. The summed E-state index contributed by atoms with van der Waals surface area (Å²) in [4.78, 5) is 17.7. The largest absolute Gasteiger partial charge is 0.322 e. The minimum Gasteiger partial charge on any atom is -0.322 e. The van der Waals surface area contributed by atoms with Crippen molar-refractivity contribution in [3.8, 4) is 0 Å². The van der Waals surface area contributed by atoms with E-state index in [1.165, 1.54) is 10.6 Å². The summed E-state index contributed by atoms with van der Waals surface area (Å²) < 4.78 is 24.2. The Balaban J connectivity index is 1.84. The number of carbonyl (C=O) groups excluding carboxylic acids is 1. The number of amides is 1. The zero-order chi connectivity index (χ0) is 15.5. The summed E-state index contributed by atoms with van der Waals surface area (Å²) in [5, 5.41) is 2.94. The number of carbonyl (C=O) groups is 1. The Labute approximate surface area is 128 Å². The predicted molar refractivity (Wildman–Crippen MR) is 80.7 cm³/mol. The average Bonchev–Trinajstić information content (AvgIpc) is 2.41. The third-order valence-electron chi connectivity index (χ3n) is 3.20. The van der Waals surface area contributed by atoms with Crippen LogP contribution in [0.2, 0.25) is 5.15 Å². The van der Waals surface area contributed by atoms with Crippen molar-refractivity contribution >= 4 is 33.2 Å². The molecule has 1 amide bonds. The maximum atomic E-state index is 11.9. The minimum absolute atomic E-state index is 0.197. The average molecular weight is 333 g/mol. The van der Waals surface area contributed by atoms with Gasteiger partial charge in [-0.25, -0.2) is 13.4 Å². The fourth-order valence-electron chi connectivity index (χ4n) is 2.09. The monoisotopic (exact) mass is 332 g/mol. The maximum absolute atomic E-state index is 11.9. The number of nitrogens with zero attached hydrogens (tertiary/aromatic N) is 3. The number of anilines is 1. The summed E-state index contributed by atoms with van der Waals surface area (Å²) in [6, 6.07) is 3.36. The zero-order valence-electron chi connectivity index (χ0n) is 11.6. The molecule has 1 saturated heterocycles. The predicted octanol–water partition coefficient (Wildman–Crippen LogP) is 0.251. The van der Waals surface area contributed by atoms with Crippen LogP contribution in [0.1, 0.15) is 0 Å². The zero-order valence-corrected chi connectivity index (χ0v) is 13.2. The molecule has 0 bridgehead atoms. The highest BCUT2D eigenvalue weighted by Crippen LogP contribution is 2.17. The van der Waals surface area contributed by atoms with Gasteiger partial charge in [-0.3, -0.25) is 9.69 Å². The topological polar surface area (TPSA) is 82.6 Å². The standard InChI is InChI=1S/C12H17ClN4O3S/c1-21(19,20)17-7-5-16(6-8-17)9-11(18)15-10-3-2-4-14-12(10)13/h2-4H,5-9H2,1H3,(H,15,18). The molecule has 2 heterocycles. The van der Waals surface area contributed by atoms with E-state index in [1.54, 1.807) is 18.3 Å². The summed E-state index contributed by atoms with van der Waals surface area (Å²) in [5.74, 6) is -0.197. The van der Waals surface area contributed by atoms with Gasteiger partial charge < -0.3 is 5.32 Å². The SMILES string of the molecule is CS(=O)(=O)N1CCN(CC(=O)Nc2cccnc2Cl)CC1. The fourth-order valence-corrected chi connectivity index (χ4v) is 3.08. The molecular formula is C12H17ClN4O3S. The van der Waals surface area contributed by atoms with Crippen molar-refractivity contribution < 1.29 is 13.2 Å². The normalized spacial score (nSPS) is 17.6. The third kappa shape index (κ3) is 4.63. The Morgan fingerprint density at radius 3 is 2.62 bits per heavy atom. The van der Waals surface area contributed by atoms with Gasteiger partial charge in [-0.15, -0.1) is 0 Å². The molecule has 1 fully saturated rings. The van der Waals surface area contributed by atoms with E-state index in [4.69, 9.17) is 11.6 Å². The van der Waals surface area contributed by atoms with Gasteiger partial charge in [0.25, 0.3) is 0 Å². The summed E-state index contributed by atoms with van der Waals surface area (Å²) >= 11 is 5.87. The van der Waals surface area contributed by atoms with Crippen LogP contribution in [0.4, 0.5) is 5.69 Å². The van der Waals surface area contributed by atoms with Gasteiger partial charge in [0.05, 0.1) is 18.5 Å². The number of sulfonamides is 1. The van der Waals surface area contributed by atoms with Gasteiger partial charge in [0.1, 0.15) is 0 Å². The van der Waals surface area contributed by atoms with Gasteiger partial charge in [-0.2, -0.15) is 4.31 Å². The van der Waals surface area contributed by atoms with Gasteiger partial charge in [-0.1, -0.05) is 11.6 Å². The second-order valence-electron chi connectivity index (χ2n) is 4.83. The molecule has 7 nitrogen and oxygen atoms in total. The molecule has 0 saturated carbocycles. The molecule has 0 spiro atoms. The smallest absolute Gasteiger partial charge is 0.238 e. The van der Waals surface area contributed by atoms with Crippen molar-refractivity contribution in [2.75, 3.05) is 44.3 Å². The Morgan fingerprint density at radius 1 is 1.38 bits per heavy atom. The Kier molecular flexibility index (Phi) is 5.15. The molecule has 1 N–H and O–H groups in total. The molecule has 1 aromatic rings. The molecule has 1 aliphatic rings. The van der Waals surface area contributed by atoms with Crippen LogP contribution in [-0.2, 0) is 14.8 Å². The van der Waals surface area contributed by atoms with Crippen molar-refractivity contribution in [1.29, 1.82) is 0 Å². The van der Waals surface area contributed by atoms with Crippen molar-refractivity contribution in [2.24, 2.45) is 0 Å². The van der Waals surface area contributed by atoms with E-state index < -0.39 is 10.0 Å². The van der Waals surface area contributed by atoms with Crippen molar-refractivity contribution in [3.05, 3.63) is 23.5 Å². The lowest BCUT2D eigenvalue weighted by Gasteiger charge is -2.32.